The second kappa shape index (κ2) is 5.87. The first-order valence-corrected chi connectivity index (χ1v) is 8.61. The fourth-order valence-corrected chi connectivity index (χ4v) is 4.50. The van der Waals surface area contributed by atoms with Gasteiger partial charge in [0.15, 0.2) is 0 Å². The van der Waals surface area contributed by atoms with Crippen LogP contribution in [0.15, 0.2) is 30.3 Å². The van der Waals surface area contributed by atoms with Crippen LogP contribution in [0.25, 0.3) is 0 Å². The minimum Gasteiger partial charge on any atom is -0.339 e. The maximum Gasteiger partial charge on any atom is 0.321 e. The lowest BCUT2D eigenvalue weighted by molar-refractivity contribution is -0.144. The van der Waals surface area contributed by atoms with Gasteiger partial charge in [-0.1, -0.05) is 18.2 Å². The molecule has 0 saturated carbocycles. The summed E-state index contributed by atoms with van der Waals surface area (Å²) >= 11 is 0. The van der Waals surface area contributed by atoms with Gasteiger partial charge in [-0.05, 0) is 43.2 Å². The molecule has 0 radical (unpaired) electrons. The van der Waals surface area contributed by atoms with Crippen molar-refractivity contribution in [3.05, 3.63) is 30.3 Å². The van der Waals surface area contributed by atoms with E-state index in [1.807, 2.05) is 35.2 Å². The number of urea groups is 1. The summed E-state index contributed by atoms with van der Waals surface area (Å²) in [6.45, 7) is 2.35. The molecule has 3 heterocycles. The fourth-order valence-electron chi connectivity index (χ4n) is 4.50. The van der Waals surface area contributed by atoms with E-state index in [2.05, 4.69) is 10.2 Å². The van der Waals surface area contributed by atoms with Crippen molar-refractivity contribution in [2.45, 2.75) is 31.7 Å². The summed E-state index contributed by atoms with van der Waals surface area (Å²) in [4.78, 5) is 28.8. The molecular weight excluding hydrogens is 290 g/mol. The summed E-state index contributed by atoms with van der Waals surface area (Å²) in [6.07, 6.45) is 3.95. The summed E-state index contributed by atoms with van der Waals surface area (Å²) in [6, 6.07) is 9.93. The Balaban J connectivity index is 1.45. The number of fused-ring (bicyclic) bond motifs is 4. The van der Waals surface area contributed by atoms with Crippen molar-refractivity contribution in [2.24, 2.45) is 11.8 Å². The maximum atomic E-state index is 12.6. The van der Waals surface area contributed by atoms with Gasteiger partial charge in [0, 0.05) is 37.8 Å². The van der Waals surface area contributed by atoms with E-state index in [9.17, 15) is 9.59 Å². The van der Waals surface area contributed by atoms with Crippen LogP contribution in [-0.2, 0) is 4.79 Å². The van der Waals surface area contributed by atoms with Gasteiger partial charge in [0.05, 0.1) is 0 Å². The lowest BCUT2D eigenvalue weighted by atomic mass is 9.76. The van der Waals surface area contributed by atoms with Crippen molar-refractivity contribution in [2.75, 3.05) is 25.0 Å². The van der Waals surface area contributed by atoms with Crippen molar-refractivity contribution >= 4 is 17.6 Å². The lowest BCUT2D eigenvalue weighted by Gasteiger charge is -2.52. The predicted molar refractivity (Wildman–Crippen MR) is 88.0 cm³/mol. The van der Waals surface area contributed by atoms with Crippen molar-refractivity contribution < 1.29 is 9.59 Å². The number of hydrogen-bond donors (Lipinski definition) is 1. The van der Waals surface area contributed by atoms with Gasteiger partial charge in [-0.15, -0.1) is 0 Å². The highest BCUT2D eigenvalue weighted by molar-refractivity contribution is 5.89. The van der Waals surface area contributed by atoms with Crippen LogP contribution in [0.5, 0.6) is 0 Å². The molecule has 0 spiro atoms. The summed E-state index contributed by atoms with van der Waals surface area (Å²) in [5.41, 5.74) is 0.836. The van der Waals surface area contributed by atoms with E-state index in [0.717, 1.165) is 44.6 Å². The number of hydrogen-bond acceptors (Lipinski definition) is 2. The van der Waals surface area contributed by atoms with Crippen LogP contribution in [0.3, 0.4) is 0 Å². The van der Waals surface area contributed by atoms with Gasteiger partial charge < -0.3 is 15.1 Å². The van der Waals surface area contributed by atoms with Crippen LogP contribution in [0.4, 0.5) is 10.5 Å². The number of amides is 3. The molecule has 23 heavy (non-hydrogen) atoms. The fraction of sp³-hybridized carbons (Fsp3) is 0.556. The molecule has 1 aromatic rings. The number of benzene rings is 1. The molecule has 0 aromatic heterocycles. The highest BCUT2D eigenvalue weighted by Crippen LogP contribution is 2.37. The summed E-state index contributed by atoms with van der Waals surface area (Å²) in [5.74, 6) is 1.18. The zero-order chi connectivity index (χ0) is 15.8. The van der Waals surface area contributed by atoms with Crippen LogP contribution in [0.2, 0.25) is 0 Å². The first kappa shape index (κ1) is 14.5. The number of rotatable bonds is 1. The quantitative estimate of drug-likeness (QED) is 0.866. The summed E-state index contributed by atoms with van der Waals surface area (Å²) in [5, 5.41) is 2.99. The number of carbonyl (C=O) groups excluding carboxylic acids is 2. The first-order valence-electron chi connectivity index (χ1n) is 8.61. The minimum atomic E-state index is -0.0125. The second-order valence-corrected chi connectivity index (χ2v) is 7.07. The summed E-state index contributed by atoms with van der Waals surface area (Å²) in [7, 11) is 0. The molecule has 3 aliphatic rings. The number of anilines is 1. The predicted octanol–water partition coefficient (Wildman–Crippen LogP) is 2.55. The second-order valence-electron chi connectivity index (χ2n) is 7.07. The van der Waals surface area contributed by atoms with Gasteiger partial charge >= 0.3 is 6.03 Å². The van der Waals surface area contributed by atoms with E-state index in [-0.39, 0.29) is 6.03 Å². The van der Waals surface area contributed by atoms with Crippen LogP contribution in [0.1, 0.15) is 25.7 Å². The third-order valence-corrected chi connectivity index (χ3v) is 5.49. The average Bonchev–Trinajstić information content (AvgIpc) is 2.57. The van der Waals surface area contributed by atoms with Crippen molar-refractivity contribution in [1.29, 1.82) is 0 Å². The van der Waals surface area contributed by atoms with Gasteiger partial charge in [-0.3, -0.25) is 4.79 Å². The van der Waals surface area contributed by atoms with E-state index in [4.69, 9.17) is 0 Å². The molecular formula is C18H23N3O2. The van der Waals surface area contributed by atoms with Crippen molar-refractivity contribution in [3.63, 3.8) is 0 Å². The van der Waals surface area contributed by atoms with Gasteiger partial charge in [0.2, 0.25) is 5.91 Å². The molecule has 5 nitrogen and oxygen atoms in total. The Morgan fingerprint density at radius 3 is 2.78 bits per heavy atom. The Morgan fingerprint density at radius 1 is 1.13 bits per heavy atom. The minimum absolute atomic E-state index is 0.0125. The lowest BCUT2D eigenvalue weighted by Crippen LogP contribution is -2.61. The number of nitrogens with zero attached hydrogens (tertiary/aromatic N) is 2. The van der Waals surface area contributed by atoms with Crippen LogP contribution in [-0.4, -0.2) is 47.4 Å². The number of nitrogens with one attached hydrogen (secondary N) is 1. The molecule has 2 bridgehead atoms. The van der Waals surface area contributed by atoms with Crippen molar-refractivity contribution in [3.8, 4) is 0 Å². The molecule has 0 aliphatic carbocycles. The van der Waals surface area contributed by atoms with Crippen LogP contribution < -0.4 is 5.32 Å². The molecule has 2 unspecified atom stereocenters. The Bertz CT molecular complexity index is 604. The molecule has 3 atom stereocenters. The van der Waals surface area contributed by atoms with E-state index in [1.54, 1.807) is 0 Å². The highest BCUT2D eigenvalue weighted by atomic mass is 16.2. The zero-order valence-corrected chi connectivity index (χ0v) is 13.3. The van der Waals surface area contributed by atoms with Gasteiger partial charge in [0.25, 0.3) is 0 Å². The molecule has 1 aromatic carbocycles. The third-order valence-electron chi connectivity index (χ3n) is 5.49. The zero-order valence-electron chi connectivity index (χ0n) is 13.3. The van der Waals surface area contributed by atoms with E-state index < -0.39 is 0 Å². The van der Waals surface area contributed by atoms with Gasteiger partial charge in [-0.2, -0.15) is 0 Å². The molecule has 122 valence electrons. The molecule has 3 amide bonds. The topological polar surface area (TPSA) is 52.7 Å². The van der Waals surface area contributed by atoms with Gasteiger partial charge in [0.1, 0.15) is 0 Å². The Morgan fingerprint density at radius 2 is 1.96 bits per heavy atom. The van der Waals surface area contributed by atoms with E-state index in [0.29, 0.717) is 30.2 Å². The van der Waals surface area contributed by atoms with Crippen LogP contribution in [0, 0.1) is 11.8 Å². The smallest absolute Gasteiger partial charge is 0.321 e. The Hall–Kier alpha value is -2.04. The number of likely N-dealkylation sites (tertiary alicyclic amines) is 1. The molecule has 1 N–H and O–H groups in total. The normalized spacial score (nSPS) is 29.9. The third kappa shape index (κ3) is 2.80. The summed E-state index contributed by atoms with van der Waals surface area (Å²) < 4.78 is 0. The Kier molecular flexibility index (Phi) is 3.71. The van der Waals surface area contributed by atoms with E-state index in [1.165, 1.54) is 0 Å². The van der Waals surface area contributed by atoms with Gasteiger partial charge in [-0.25, -0.2) is 4.79 Å². The largest absolute Gasteiger partial charge is 0.339 e. The number of piperidine rings is 3. The number of carbonyl (C=O) groups is 2. The average molecular weight is 313 g/mol. The molecule has 3 saturated heterocycles. The van der Waals surface area contributed by atoms with Crippen LogP contribution >= 0.6 is 0 Å². The highest BCUT2D eigenvalue weighted by Gasteiger charge is 2.44. The van der Waals surface area contributed by atoms with E-state index >= 15 is 0 Å². The van der Waals surface area contributed by atoms with Crippen molar-refractivity contribution in [1.82, 2.24) is 9.80 Å². The Labute approximate surface area is 136 Å². The molecule has 5 heteroatoms. The molecule has 3 fully saturated rings. The first-order chi connectivity index (χ1) is 11.2. The molecule has 3 aliphatic heterocycles. The standard InChI is InChI=1S/C18H23N3O2/c22-17-8-4-7-16-14-9-13(11-21(16)17)10-20(12-14)18(23)19-15-5-2-1-3-6-15/h1-3,5-6,13-14,16H,4,7-12H2,(H,19,23)/t13?,14?,16-/m1/s1. The monoisotopic (exact) mass is 313 g/mol. The number of para-hydroxylation sites is 1. The molecule has 4 rings (SSSR count). The SMILES string of the molecule is O=C(Nc1ccccc1)N1CC2CC(C1)[C@H]1CCCC(=O)N1C2. The maximum absolute atomic E-state index is 12.6.